The Bertz CT molecular complexity index is 400. The van der Waals surface area contributed by atoms with Gasteiger partial charge in [-0.1, -0.05) is 13.8 Å². The minimum atomic E-state index is -0.503. The second-order valence-electron chi connectivity index (χ2n) is 4.58. The van der Waals surface area contributed by atoms with Crippen molar-refractivity contribution in [2.24, 2.45) is 5.92 Å². The molecular formula is C13H23N3O3. The molecule has 6 heteroatoms. The molecule has 1 rings (SSSR count). The Morgan fingerprint density at radius 3 is 2.42 bits per heavy atom. The van der Waals surface area contributed by atoms with Crippen LogP contribution in [-0.4, -0.2) is 35.8 Å². The molecule has 0 N–H and O–H groups in total. The van der Waals surface area contributed by atoms with Crippen molar-refractivity contribution in [1.82, 2.24) is 10.1 Å². The fourth-order valence-electron chi connectivity index (χ4n) is 1.88. The molecule has 0 amide bonds. The molecule has 0 fully saturated rings. The van der Waals surface area contributed by atoms with Gasteiger partial charge in [-0.15, -0.1) is 0 Å². The number of ether oxygens (including phenoxy) is 1. The summed E-state index contributed by atoms with van der Waals surface area (Å²) in [6.07, 6.45) is 0. The molecule has 1 unspecified atom stereocenters. The zero-order valence-electron chi connectivity index (χ0n) is 12.3. The Morgan fingerprint density at radius 2 is 1.95 bits per heavy atom. The molecule has 0 saturated heterocycles. The van der Waals surface area contributed by atoms with Crippen LogP contribution in [0.1, 0.15) is 46.4 Å². The van der Waals surface area contributed by atoms with Gasteiger partial charge in [0.25, 0.3) is 5.95 Å². The molecule has 108 valence electrons. The summed E-state index contributed by atoms with van der Waals surface area (Å²) in [4.78, 5) is 18.2. The number of nitrogens with zero attached hydrogens (tertiary/aromatic N) is 3. The number of hydrogen-bond donors (Lipinski definition) is 0. The van der Waals surface area contributed by atoms with E-state index >= 15 is 0 Å². The standard InChI is InChI=1S/C13H23N3O3/c1-6-16(7-2)13-14-11(19-15-13)10(9(4)5)12(17)18-8-3/h9-10H,6-8H2,1-5H3. The largest absolute Gasteiger partial charge is 0.465 e. The van der Waals surface area contributed by atoms with Gasteiger partial charge in [-0.25, -0.2) is 0 Å². The molecule has 1 atom stereocenters. The maximum absolute atomic E-state index is 11.9. The molecule has 19 heavy (non-hydrogen) atoms. The lowest BCUT2D eigenvalue weighted by molar-refractivity contribution is -0.146. The van der Waals surface area contributed by atoms with Crippen LogP contribution >= 0.6 is 0 Å². The van der Waals surface area contributed by atoms with Crippen molar-refractivity contribution < 1.29 is 14.1 Å². The van der Waals surface area contributed by atoms with Gasteiger partial charge in [-0.3, -0.25) is 4.79 Å². The third-order valence-corrected chi connectivity index (χ3v) is 2.95. The van der Waals surface area contributed by atoms with E-state index in [2.05, 4.69) is 10.1 Å². The fraction of sp³-hybridized carbons (Fsp3) is 0.769. The summed E-state index contributed by atoms with van der Waals surface area (Å²) in [5, 5.41) is 3.94. The number of carbonyl (C=O) groups excluding carboxylic acids is 1. The third-order valence-electron chi connectivity index (χ3n) is 2.95. The van der Waals surface area contributed by atoms with E-state index in [4.69, 9.17) is 9.26 Å². The number of esters is 1. The topological polar surface area (TPSA) is 68.5 Å². The van der Waals surface area contributed by atoms with Gasteiger partial charge in [0.05, 0.1) is 6.61 Å². The summed E-state index contributed by atoms with van der Waals surface area (Å²) >= 11 is 0. The zero-order chi connectivity index (χ0) is 14.4. The molecular weight excluding hydrogens is 246 g/mol. The Labute approximate surface area is 114 Å². The first-order chi connectivity index (χ1) is 9.04. The molecule has 0 radical (unpaired) electrons. The average Bonchev–Trinajstić information content (AvgIpc) is 2.80. The van der Waals surface area contributed by atoms with Gasteiger partial charge < -0.3 is 14.2 Å². The van der Waals surface area contributed by atoms with Crippen LogP contribution in [0, 0.1) is 5.92 Å². The second-order valence-corrected chi connectivity index (χ2v) is 4.58. The highest BCUT2D eigenvalue weighted by Crippen LogP contribution is 2.26. The van der Waals surface area contributed by atoms with E-state index in [0.29, 0.717) is 18.4 Å². The van der Waals surface area contributed by atoms with Gasteiger partial charge in [0.15, 0.2) is 0 Å². The number of anilines is 1. The van der Waals surface area contributed by atoms with Gasteiger partial charge >= 0.3 is 5.97 Å². The van der Waals surface area contributed by atoms with Crippen LogP contribution in [0.5, 0.6) is 0 Å². The summed E-state index contributed by atoms with van der Waals surface area (Å²) in [7, 11) is 0. The van der Waals surface area contributed by atoms with Crippen LogP contribution in [0.3, 0.4) is 0 Å². The van der Waals surface area contributed by atoms with Crippen LogP contribution in [0.25, 0.3) is 0 Å². The zero-order valence-corrected chi connectivity index (χ0v) is 12.3. The first-order valence-electron chi connectivity index (χ1n) is 6.80. The predicted octanol–water partition coefficient (Wildman–Crippen LogP) is 2.22. The highest BCUT2D eigenvalue weighted by atomic mass is 16.5. The first-order valence-corrected chi connectivity index (χ1v) is 6.80. The van der Waals surface area contributed by atoms with Gasteiger partial charge in [-0.2, -0.15) is 4.98 Å². The molecule has 6 nitrogen and oxygen atoms in total. The molecule has 1 heterocycles. The molecule has 0 bridgehead atoms. The minimum absolute atomic E-state index is 0.0454. The summed E-state index contributed by atoms with van der Waals surface area (Å²) in [6.45, 7) is 11.6. The number of hydrogen-bond acceptors (Lipinski definition) is 6. The Balaban J connectivity index is 2.95. The molecule has 0 aliphatic rings. The Hall–Kier alpha value is -1.59. The van der Waals surface area contributed by atoms with E-state index in [1.165, 1.54) is 0 Å². The highest BCUT2D eigenvalue weighted by molar-refractivity contribution is 5.77. The van der Waals surface area contributed by atoms with Crippen molar-refractivity contribution >= 4 is 11.9 Å². The van der Waals surface area contributed by atoms with Crippen molar-refractivity contribution in [2.75, 3.05) is 24.6 Å². The normalized spacial score (nSPS) is 12.5. The minimum Gasteiger partial charge on any atom is -0.465 e. The molecule has 0 spiro atoms. The van der Waals surface area contributed by atoms with Crippen LogP contribution in [-0.2, 0) is 9.53 Å². The van der Waals surface area contributed by atoms with E-state index in [-0.39, 0.29) is 11.9 Å². The lowest BCUT2D eigenvalue weighted by Gasteiger charge is -2.16. The van der Waals surface area contributed by atoms with Gasteiger partial charge in [0.1, 0.15) is 5.92 Å². The quantitative estimate of drug-likeness (QED) is 0.707. The van der Waals surface area contributed by atoms with E-state index in [9.17, 15) is 4.79 Å². The van der Waals surface area contributed by atoms with Gasteiger partial charge in [0.2, 0.25) is 5.89 Å². The van der Waals surface area contributed by atoms with E-state index in [0.717, 1.165) is 13.1 Å². The number of aromatic nitrogens is 2. The van der Waals surface area contributed by atoms with Crippen molar-refractivity contribution in [3.8, 4) is 0 Å². The molecule has 1 aromatic heterocycles. The molecule has 0 aliphatic carbocycles. The first kappa shape index (κ1) is 15.5. The van der Waals surface area contributed by atoms with E-state index < -0.39 is 5.92 Å². The second kappa shape index (κ2) is 7.11. The summed E-state index contributed by atoms with van der Waals surface area (Å²) < 4.78 is 10.3. The Morgan fingerprint density at radius 1 is 1.32 bits per heavy atom. The van der Waals surface area contributed by atoms with Crippen molar-refractivity contribution in [3.05, 3.63) is 5.89 Å². The van der Waals surface area contributed by atoms with E-state index in [1.807, 2.05) is 32.6 Å². The summed E-state index contributed by atoms with van der Waals surface area (Å²) in [5.41, 5.74) is 0. The summed E-state index contributed by atoms with van der Waals surface area (Å²) in [5.74, 6) is 0.0818. The molecule has 0 aromatic carbocycles. The third kappa shape index (κ3) is 3.68. The van der Waals surface area contributed by atoms with Gasteiger partial charge in [-0.05, 0) is 31.8 Å². The lowest BCUT2D eigenvalue weighted by Crippen LogP contribution is -2.24. The van der Waals surface area contributed by atoms with Crippen LogP contribution in [0.15, 0.2) is 4.52 Å². The van der Waals surface area contributed by atoms with Crippen LogP contribution in [0.2, 0.25) is 0 Å². The van der Waals surface area contributed by atoms with Crippen LogP contribution in [0.4, 0.5) is 5.95 Å². The monoisotopic (exact) mass is 269 g/mol. The molecule has 0 aliphatic heterocycles. The molecule has 1 aromatic rings. The van der Waals surface area contributed by atoms with Crippen LogP contribution < -0.4 is 4.90 Å². The smallest absolute Gasteiger partial charge is 0.318 e. The maximum atomic E-state index is 11.9. The van der Waals surface area contributed by atoms with E-state index in [1.54, 1.807) is 6.92 Å². The molecule has 0 saturated carbocycles. The highest BCUT2D eigenvalue weighted by Gasteiger charge is 2.31. The number of carbonyl (C=O) groups is 1. The SMILES string of the molecule is CCOC(=O)C(c1nc(N(CC)CC)no1)C(C)C. The van der Waals surface area contributed by atoms with Crippen molar-refractivity contribution in [2.45, 2.75) is 40.5 Å². The maximum Gasteiger partial charge on any atom is 0.318 e. The lowest BCUT2D eigenvalue weighted by atomic mass is 9.96. The predicted molar refractivity (Wildman–Crippen MR) is 72.1 cm³/mol. The Kier molecular flexibility index (Phi) is 5.79. The number of rotatable bonds is 7. The fourth-order valence-corrected chi connectivity index (χ4v) is 1.88. The average molecular weight is 269 g/mol. The summed E-state index contributed by atoms with van der Waals surface area (Å²) in [6, 6.07) is 0. The van der Waals surface area contributed by atoms with Gasteiger partial charge in [0, 0.05) is 13.1 Å². The van der Waals surface area contributed by atoms with Crippen molar-refractivity contribution in [3.63, 3.8) is 0 Å². The van der Waals surface area contributed by atoms with Crippen molar-refractivity contribution in [1.29, 1.82) is 0 Å².